The van der Waals surface area contributed by atoms with Gasteiger partial charge in [-0.25, -0.2) is 18.3 Å². The summed E-state index contributed by atoms with van der Waals surface area (Å²) in [5, 5.41) is 10.3. The maximum Gasteiger partial charge on any atom is 0.416 e. The zero-order chi connectivity index (χ0) is 22.2. The van der Waals surface area contributed by atoms with Crippen LogP contribution in [0.2, 0.25) is 0 Å². The highest BCUT2D eigenvalue weighted by molar-refractivity contribution is 7.93. The van der Waals surface area contributed by atoms with E-state index < -0.39 is 27.5 Å². The van der Waals surface area contributed by atoms with Crippen molar-refractivity contribution in [2.24, 2.45) is 0 Å². The van der Waals surface area contributed by atoms with Crippen molar-refractivity contribution in [2.45, 2.75) is 11.1 Å². The van der Waals surface area contributed by atoms with Gasteiger partial charge < -0.3 is 0 Å². The Morgan fingerprint density at radius 1 is 1.10 bits per heavy atom. The number of tetrazole rings is 1. The van der Waals surface area contributed by atoms with Crippen LogP contribution in [0.15, 0.2) is 63.6 Å². The molecule has 14 heteroatoms. The van der Waals surface area contributed by atoms with Crippen molar-refractivity contribution >= 4 is 27.2 Å². The molecule has 0 atom stereocenters. The standard InChI is InChI=1S/C17H11F3N6O3S2/c18-17(19,20)11-4-1-3-10(7-11)15-14(9-30-22-15)31(28,29)23-12-5-2-6-13(8-12)26-16(27)21-24-25-26/h1-9,23H,(H,21,25,27). The number of benzene rings is 2. The molecular formula is C17H11F3N6O3S2. The summed E-state index contributed by atoms with van der Waals surface area (Å²) in [5.74, 6) is 0. The van der Waals surface area contributed by atoms with E-state index in [-0.39, 0.29) is 27.5 Å². The Kier molecular flexibility index (Phi) is 5.10. The predicted molar refractivity (Wildman–Crippen MR) is 105 cm³/mol. The van der Waals surface area contributed by atoms with Crippen molar-refractivity contribution in [3.05, 3.63) is 70.0 Å². The summed E-state index contributed by atoms with van der Waals surface area (Å²) in [5.41, 5.74) is -1.27. The number of rotatable bonds is 5. The molecule has 0 bridgehead atoms. The maximum absolute atomic E-state index is 13.0. The molecule has 0 radical (unpaired) electrons. The second-order valence-electron chi connectivity index (χ2n) is 6.18. The van der Waals surface area contributed by atoms with E-state index in [9.17, 15) is 26.4 Å². The van der Waals surface area contributed by atoms with Crippen LogP contribution in [0.4, 0.5) is 18.9 Å². The highest BCUT2D eigenvalue weighted by Crippen LogP contribution is 2.34. The molecule has 2 aromatic carbocycles. The topological polar surface area (TPSA) is 123 Å². The number of hydrogen-bond donors (Lipinski definition) is 2. The Morgan fingerprint density at radius 3 is 2.58 bits per heavy atom. The summed E-state index contributed by atoms with van der Waals surface area (Å²) in [7, 11) is -4.21. The zero-order valence-electron chi connectivity index (χ0n) is 15.2. The summed E-state index contributed by atoms with van der Waals surface area (Å²) in [4.78, 5) is 11.4. The van der Waals surface area contributed by atoms with Gasteiger partial charge in [-0.15, -0.1) is 0 Å². The zero-order valence-corrected chi connectivity index (χ0v) is 16.8. The first-order valence-corrected chi connectivity index (χ1v) is 10.7. The molecular weight excluding hydrogens is 457 g/mol. The Labute approximate surface area is 176 Å². The van der Waals surface area contributed by atoms with E-state index >= 15 is 0 Å². The third-order valence-electron chi connectivity index (χ3n) is 4.11. The lowest BCUT2D eigenvalue weighted by Gasteiger charge is -2.11. The van der Waals surface area contributed by atoms with Crippen LogP contribution in [0.5, 0.6) is 0 Å². The molecule has 31 heavy (non-hydrogen) atoms. The van der Waals surface area contributed by atoms with Crippen LogP contribution in [0.3, 0.4) is 0 Å². The minimum absolute atomic E-state index is 0.0133. The Bertz CT molecular complexity index is 1410. The van der Waals surface area contributed by atoms with Gasteiger partial charge in [-0.3, -0.25) is 4.72 Å². The minimum Gasteiger partial charge on any atom is -0.279 e. The summed E-state index contributed by atoms with van der Waals surface area (Å²) in [6, 6.07) is 10.1. The van der Waals surface area contributed by atoms with Crippen molar-refractivity contribution in [3.8, 4) is 16.9 Å². The van der Waals surface area contributed by atoms with Gasteiger partial charge in [0.25, 0.3) is 10.0 Å². The maximum atomic E-state index is 13.0. The van der Waals surface area contributed by atoms with E-state index in [0.29, 0.717) is 0 Å². The van der Waals surface area contributed by atoms with E-state index in [0.717, 1.165) is 28.3 Å². The lowest BCUT2D eigenvalue weighted by molar-refractivity contribution is -0.137. The van der Waals surface area contributed by atoms with Gasteiger partial charge in [-0.1, -0.05) is 18.2 Å². The smallest absolute Gasteiger partial charge is 0.279 e. The van der Waals surface area contributed by atoms with E-state index in [4.69, 9.17) is 0 Å². The number of nitrogens with zero attached hydrogens (tertiary/aromatic N) is 4. The molecule has 0 aliphatic heterocycles. The second-order valence-corrected chi connectivity index (χ2v) is 8.46. The van der Waals surface area contributed by atoms with Gasteiger partial charge in [0, 0.05) is 10.9 Å². The van der Waals surface area contributed by atoms with Crippen LogP contribution in [0.25, 0.3) is 16.9 Å². The number of nitrogens with one attached hydrogen (secondary N) is 2. The fraction of sp³-hybridized carbons (Fsp3) is 0.0588. The number of sulfonamides is 1. The molecule has 4 rings (SSSR count). The molecule has 2 N–H and O–H groups in total. The quantitative estimate of drug-likeness (QED) is 0.464. The number of alkyl halides is 3. The SMILES string of the molecule is O=c1[nH]nnn1-c1cccc(NS(=O)(=O)c2csnc2-c2cccc(C(F)(F)F)c2)c1. The van der Waals surface area contributed by atoms with Crippen LogP contribution in [-0.2, 0) is 16.2 Å². The molecule has 0 aliphatic carbocycles. The Hall–Kier alpha value is -3.52. The average Bonchev–Trinajstić information content (AvgIpc) is 3.37. The number of halogens is 3. The molecule has 0 saturated carbocycles. The molecule has 0 aliphatic rings. The second kappa shape index (κ2) is 7.63. The van der Waals surface area contributed by atoms with Gasteiger partial charge in [0.1, 0.15) is 10.6 Å². The number of aromatic nitrogens is 5. The van der Waals surface area contributed by atoms with Crippen molar-refractivity contribution in [2.75, 3.05) is 4.72 Å². The number of H-pyrrole nitrogens is 1. The summed E-state index contributed by atoms with van der Waals surface area (Å²) < 4.78 is 72.2. The third-order valence-corrected chi connectivity index (χ3v) is 6.28. The largest absolute Gasteiger partial charge is 0.416 e. The van der Waals surface area contributed by atoms with E-state index in [1.165, 1.54) is 41.8 Å². The summed E-state index contributed by atoms with van der Waals surface area (Å²) >= 11 is 0.797. The van der Waals surface area contributed by atoms with Crippen LogP contribution in [0.1, 0.15) is 5.56 Å². The molecule has 4 aromatic rings. The average molecular weight is 468 g/mol. The van der Waals surface area contributed by atoms with Crippen molar-refractivity contribution in [1.29, 1.82) is 0 Å². The van der Waals surface area contributed by atoms with Crippen molar-refractivity contribution in [3.63, 3.8) is 0 Å². The van der Waals surface area contributed by atoms with Gasteiger partial charge in [-0.2, -0.15) is 22.2 Å². The van der Waals surface area contributed by atoms with Crippen LogP contribution in [0, 0.1) is 0 Å². The van der Waals surface area contributed by atoms with Gasteiger partial charge in [0.15, 0.2) is 0 Å². The Balaban J connectivity index is 1.69. The fourth-order valence-corrected chi connectivity index (χ4v) is 4.96. The molecule has 0 unspecified atom stereocenters. The number of anilines is 1. The first-order chi connectivity index (χ1) is 14.6. The van der Waals surface area contributed by atoms with Gasteiger partial charge >= 0.3 is 11.9 Å². The molecule has 0 fully saturated rings. The molecule has 160 valence electrons. The van der Waals surface area contributed by atoms with Gasteiger partial charge in [0.2, 0.25) is 0 Å². The highest BCUT2D eigenvalue weighted by atomic mass is 32.2. The van der Waals surface area contributed by atoms with Gasteiger partial charge in [0.05, 0.1) is 16.9 Å². The third kappa shape index (κ3) is 4.20. The van der Waals surface area contributed by atoms with Crippen LogP contribution in [-0.4, -0.2) is 33.0 Å². The van der Waals surface area contributed by atoms with Gasteiger partial charge in [-0.05, 0) is 52.3 Å². The molecule has 0 amide bonds. The van der Waals surface area contributed by atoms with Crippen LogP contribution < -0.4 is 10.4 Å². The lowest BCUT2D eigenvalue weighted by Crippen LogP contribution is -2.17. The first-order valence-electron chi connectivity index (χ1n) is 8.41. The lowest BCUT2D eigenvalue weighted by atomic mass is 10.1. The van der Waals surface area contributed by atoms with E-state index in [2.05, 4.69) is 24.6 Å². The highest BCUT2D eigenvalue weighted by Gasteiger charge is 2.31. The molecule has 0 saturated heterocycles. The summed E-state index contributed by atoms with van der Waals surface area (Å²) in [6.45, 7) is 0. The monoisotopic (exact) mass is 468 g/mol. The van der Waals surface area contributed by atoms with Crippen molar-refractivity contribution < 1.29 is 21.6 Å². The molecule has 0 spiro atoms. The number of hydrogen-bond acceptors (Lipinski definition) is 7. The fourth-order valence-electron chi connectivity index (χ4n) is 2.73. The predicted octanol–water partition coefficient (Wildman–Crippen LogP) is 2.90. The normalized spacial score (nSPS) is 12.1. The number of aromatic amines is 1. The first kappa shape index (κ1) is 20.7. The minimum atomic E-state index is -4.58. The van der Waals surface area contributed by atoms with E-state index in [1.807, 2.05) is 0 Å². The molecule has 9 nitrogen and oxygen atoms in total. The summed E-state index contributed by atoms with van der Waals surface area (Å²) in [6.07, 6.45) is -4.58. The molecule has 2 aromatic heterocycles. The van der Waals surface area contributed by atoms with Crippen LogP contribution >= 0.6 is 11.5 Å². The molecule has 2 heterocycles. The van der Waals surface area contributed by atoms with Crippen molar-refractivity contribution in [1.82, 2.24) is 24.6 Å². The van der Waals surface area contributed by atoms with E-state index in [1.54, 1.807) is 0 Å². The Morgan fingerprint density at radius 2 is 1.87 bits per heavy atom.